The van der Waals surface area contributed by atoms with Crippen LogP contribution in [0.15, 0.2) is 53.1 Å². The molecule has 0 bridgehead atoms. The molecule has 0 radical (unpaired) electrons. The minimum Gasteiger partial charge on any atom is -0.497 e. The van der Waals surface area contributed by atoms with Gasteiger partial charge in [-0.05, 0) is 56.2 Å². The van der Waals surface area contributed by atoms with Crippen LogP contribution in [0.1, 0.15) is 30.3 Å². The molecule has 4 rings (SSSR count). The summed E-state index contributed by atoms with van der Waals surface area (Å²) in [7, 11) is 1.60. The van der Waals surface area contributed by atoms with Gasteiger partial charge >= 0.3 is 5.97 Å². The third-order valence-corrected chi connectivity index (χ3v) is 5.42. The Labute approximate surface area is 180 Å². The number of aromatic nitrogens is 2. The summed E-state index contributed by atoms with van der Waals surface area (Å²) in [6, 6.07) is 12.7. The van der Waals surface area contributed by atoms with E-state index >= 15 is 0 Å². The van der Waals surface area contributed by atoms with Crippen molar-refractivity contribution in [2.45, 2.75) is 19.8 Å². The molecule has 0 N–H and O–H groups in total. The molecule has 162 valence electrons. The molecule has 8 nitrogen and oxygen atoms in total. The van der Waals surface area contributed by atoms with Crippen LogP contribution >= 0.6 is 0 Å². The maximum atomic E-state index is 13.4. The van der Waals surface area contributed by atoms with Crippen LogP contribution in [-0.2, 0) is 9.53 Å². The van der Waals surface area contributed by atoms with Gasteiger partial charge in [0.15, 0.2) is 5.76 Å². The molecule has 31 heavy (non-hydrogen) atoms. The smallest absolute Gasteiger partial charge is 0.309 e. The molecule has 1 amide bonds. The average molecular weight is 423 g/mol. The Bertz CT molecular complexity index is 1030. The number of methoxy groups -OCH3 is 1. The number of esters is 1. The normalized spacial score (nSPS) is 14.5. The van der Waals surface area contributed by atoms with Gasteiger partial charge in [0.05, 0.1) is 31.6 Å². The van der Waals surface area contributed by atoms with Gasteiger partial charge in [-0.15, -0.1) is 0 Å². The number of likely N-dealkylation sites (tertiary alicyclic amines) is 1. The molecule has 1 aliphatic heterocycles. The number of carbonyl (C=O) groups excluding carboxylic acids is 2. The maximum Gasteiger partial charge on any atom is 0.309 e. The molecule has 2 aromatic heterocycles. The molecule has 0 aliphatic carbocycles. The van der Waals surface area contributed by atoms with Crippen molar-refractivity contribution in [3.63, 3.8) is 0 Å². The monoisotopic (exact) mass is 423 g/mol. The summed E-state index contributed by atoms with van der Waals surface area (Å²) in [5.74, 6) is 0.828. The van der Waals surface area contributed by atoms with Crippen LogP contribution in [0.3, 0.4) is 0 Å². The van der Waals surface area contributed by atoms with E-state index in [2.05, 4.69) is 5.10 Å². The van der Waals surface area contributed by atoms with Gasteiger partial charge in [-0.25, -0.2) is 4.68 Å². The second-order valence-corrected chi connectivity index (χ2v) is 7.32. The van der Waals surface area contributed by atoms with Crippen molar-refractivity contribution in [1.29, 1.82) is 0 Å². The van der Waals surface area contributed by atoms with Gasteiger partial charge in [0.25, 0.3) is 5.91 Å². The standard InChI is InChI=1S/C23H25N3O5/c1-3-30-23(28)16-10-12-25(13-11-16)22(27)20-15-19(21-5-4-14-31-21)24-26(20)17-6-8-18(29-2)9-7-17/h4-9,14-16H,3,10-13H2,1-2H3. The summed E-state index contributed by atoms with van der Waals surface area (Å²) in [6.07, 6.45) is 2.75. The number of rotatable bonds is 6. The van der Waals surface area contributed by atoms with E-state index in [0.717, 1.165) is 11.4 Å². The zero-order chi connectivity index (χ0) is 21.8. The highest BCUT2D eigenvalue weighted by atomic mass is 16.5. The first kappa shape index (κ1) is 20.7. The lowest BCUT2D eigenvalue weighted by Crippen LogP contribution is -2.41. The van der Waals surface area contributed by atoms with Crippen LogP contribution in [0.5, 0.6) is 5.75 Å². The van der Waals surface area contributed by atoms with Crippen molar-refractivity contribution in [1.82, 2.24) is 14.7 Å². The van der Waals surface area contributed by atoms with Crippen molar-refractivity contribution < 1.29 is 23.5 Å². The summed E-state index contributed by atoms with van der Waals surface area (Å²) in [6.45, 7) is 3.15. The average Bonchev–Trinajstić information content (AvgIpc) is 3.49. The van der Waals surface area contributed by atoms with E-state index in [9.17, 15) is 9.59 Å². The lowest BCUT2D eigenvalue weighted by Gasteiger charge is -2.30. The van der Waals surface area contributed by atoms with Crippen molar-refractivity contribution in [2.75, 3.05) is 26.8 Å². The highest BCUT2D eigenvalue weighted by Gasteiger charge is 2.30. The molecular weight excluding hydrogens is 398 g/mol. The predicted octanol–water partition coefficient (Wildman–Crippen LogP) is 3.56. The lowest BCUT2D eigenvalue weighted by molar-refractivity contribution is -0.149. The van der Waals surface area contributed by atoms with Crippen LogP contribution in [0.4, 0.5) is 0 Å². The fraction of sp³-hybridized carbons (Fsp3) is 0.348. The molecule has 0 spiro atoms. The van der Waals surface area contributed by atoms with E-state index in [0.29, 0.717) is 49.7 Å². The fourth-order valence-corrected chi connectivity index (χ4v) is 3.74. The molecule has 0 saturated carbocycles. The number of furan rings is 1. The van der Waals surface area contributed by atoms with Crippen molar-refractivity contribution >= 4 is 11.9 Å². The molecular formula is C23H25N3O5. The van der Waals surface area contributed by atoms with Crippen LogP contribution < -0.4 is 4.74 Å². The predicted molar refractivity (Wildman–Crippen MR) is 113 cm³/mol. The molecule has 1 aliphatic rings. The van der Waals surface area contributed by atoms with Crippen LogP contribution in [0, 0.1) is 5.92 Å². The number of piperidine rings is 1. The Kier molecular flexibility index (Phi) is 6.06. The van der Waals surface area contributed by atoms with E-state index in [-0.39, 0.29) is 17.8 Å². The van der Waals surface area contributed by atoms with Gasteiger partial charge in [0, 0.05) is 19.2 Å². The summed E-state index contributed by atoms with van der Waals surface area (Å²) in [5.41, 5.74) is 1.75. The number of nitrogens with zero attached hydrogens (tertiary/aromatic N) is 3. The second kappa shape index (κ2) is 9.07. The summed E-state index contributed by atoms with van der Waals surface area (Å²) >= 11 is 0. The largest absolute Gasteiger partial charge is 0.497 e. The molecule has 3 heterocycles. The third-order valence-electron chi connectivity index (χ3n) is 5.42. The van der Waals surface area contributed by atoms with Gasteiger partial charge in [0.1, 0.15) is 17.1 Å². The first-order valence-electron chi connectivity index (χ1n) is 10.3. The molecule has 3 aromatic rings. The van der Waals surface area contributed by atoms with E-state index in [1.54, 1.807) is 48.1 Å². The van der Waals surface area contributed by atoms with E-state index in [1.807, 2.05) is 24.3 Å². The van der Waals surface area contributed by atoms with Gasteiger partial charge in [-0.2, -0.15) is 5.10 Å². The fourth-order valence-electron chi connectivity index (χ4n) is 3.74. The molecule has 1 saturated heterocycles. The topological polar surface area (TPSA) is 86.8 Å². The maximum absolute atomic E-state index is 13.4. The summed E-state index contributed by atoms with van der Waals surface area (Å²) in [5, 5.41) is 4.62. The Hall–Kier alpha value is -3.55. The number of carbonyl (C=O) groups is 2. The zero-order valence-electron chi connectivity index (χ0n) is 17.6. The van der Waals surface area contributed by atoms with E-state index in [1.165, 1.54) is 0 Å². The van der Waals surface area contributed by atoms with Crippen molar-refractivity contribution in [2.24, 2.45) is 5.92 Å². The highest BCUT2D eigenvalue weighted by molar-refractivity contribution is 5.94. The summed E-state index contributed by atoms with van der Waals surface area (Å²) < 4.78 is 17.5. The van der Waals surface area contributed by atoms with E-state index in [4.69, 9.17) is 13.9 Å². The molecule has 0 atom stereocenters. The van der Waals surface area contributed by atoms with Crippen molar-refractivity contribution in [3.8, 4) is 22.9 Å². The third kappa shape index (κ3) is 4.33. The minimum absolute atomic E-state index is 0.136. The number of hydrogen-bond acceptors (Lipinski definition) is 6. The van der Waals surface area contributed by atoms with Crippen LogP contribution in [-0.4, -0.2) is 53.4 Å². The van der Waals surface area contributed by atoms with Crippen LogP contribution in [0.2, 0.25) is 0 Å². The van der Waals surface area contributed by atoms with E-state index < -0.39 is 0 Å². The Morgan fingerprint density at radius 2 is 1.90 bits per heavy atom. The Morgan fingerprint density at radius 1 is 1.16 bits per heavy atom. The van der Waals surface area contributed by atoms with Gasteiger partial charge in [-0.3, -0.25) is 9.59 Å². The SMILES string of the molecule is CCOC(=O)C1CCN(C(=O)c2cc(-c3ccco3)nn2-c2ccc(OC)cc2)CC1. The Morgan fingerprint density at radius 3 is 2.52 bits per heavy atom. The minimum atomic E-state index is -0.182. The quantitative estimate of drug-likeness (QED) is 0.564. The van der Waals surface area contributed by atoms with Gasteiger partial charge < -0.3 is 18.8 Å². The first-order chi connectivity index (χ1) is 15.1. The number of amides is 1. The Balaban J connectivity index is 1.60. The number of benzene rings is 1. The lowest BCUT2D eigenvalue weighted by atomic mass is 9.97. The summed E-state index contributed by atoms with van der Waals surface area (Å²) in [4.78, 5) is 27.2. The van der Waals surface area contributed by atoms with Crippen LogP contribution in [0.25, 0.3) is 17.1 Å². The molecule has 1 aromatic carbocycles. The molecule has 0 unspecified atom stereocenters. The van der Waals surface area contributed by atoms with Gasteiger partial charge in [-0.1, -0.05) is 0 Å². The first-order valence-corrected chi connectivity index (χ1v) is 10.3. The van der Waals surface area contributed by atoms with Crippen molar-refractivity contribution in [3.05, 3.63) is 54.4 Å². The zero-order valence-corrected chi connectivity index (χ0v) is 17.6. The number of hydrogen-bond donors (Lipinski definition) is 0. The highest BCUT2D eigenvalue weighted by Crippen LogP contribution is 2.26. The second-order valence-electron chi connectivity index (χ2n) is 7.32. The van der Waals surface area contributed by atoms with Gasteiger partial charge in [0.2, 0.25) is 0 Å². The molecule has 8 heteroatoms. The molecule has 1 fully saturated rings. The number of ether oxygens (including phenoxy) is 2.